The minimum Gasteiger partial charge on any atom is -0.301 e. The first-order chi connectivity index (χ1) is 14.6. The molecule has 0 aromatic heterocycles. The second-order valence-corrected chi connectivity index (χ2v) is 28.7. The van der Waals surface area contributed by atoms with Gasteiger partial charge in [-0.25, -0.2) is 0 Å². The van der Waals surface area contributed by atoms with Gasteiger partial charge in [-0.2, -0.15) is 0 Å². The Balaban J connectivity index is 0.00000385. The summed E-state index contributed by atoms with van der Waals surface area (Å²) in [5.74, 6) is 0. The third-order valence-electron chi connectivity index (χ3n) is 7.10. The molecule has 0 saturated carbocycles. The van der Waals surface area contributed by atoms with Crippen LogP contribution in [0, 0.1) is 10.6 Å². The van der Waals surface area contributed by atoms with Crippen molar-refractivity contribution in [3.8, 4) is 0 Å². The third kappa shape index (κ3) is 5.92. The van der Waals surface area contributed by atoms with Crippen molar-refractivity contribution in [1.82, 2.24) is 0 Å². The first-order valence-electron chi connectivity index (χ1n) is 12.3. The van der Waals surface area contributed by atoms with E-state index >= 15 is 0 Å². The van der Waals surface area contributed by atoms with Crippen molar-refractivity contribution in [2.45, 2.75) is 83.7 Å². The van der Waals surface area contributed by atoms with E-state index in [1.807, 2.05) is 5.16 Å². The van der Waals surface area contributed by atoms with Gasteiger partial charge in [0.05, 0.1) is 0 Å². The average Bonchev–Trinajstić information content (AvgIpc) is 2.99. The van der Waals surface area contributed by atoms with Crippen LogP contribution in [0.25, 0.3) is 6.08 Å². The Morgan fingerprint density at radius 3 is 1.79 bits per heavy atom. The average molecular weight is 523 g/mol. The third-order valence-corrected chi connectivity index (χ3v) is 21.5. The number of benzene rings is 2. The Morgan fingerprint density at radius 2 is 1.27 bits per heavy atom. The summed E-state index contributed by atoms with van der Waals surface area (Å²) in [6, 6.07) is 23.3. The van der Waals surface area contributed by atoms with Crippen molar-refractivity contribution in [3.63, 3.8) is 0 Å². The molecule has 0 heterocycles. The summed E-state index contributed by atoms with van der Waals surface area (Å²) in [5.41, 5.74) is 4.91. The van der Waals surface area contributed by atoms with Crippen LogP contribution in [0.4, 0.5) is 0 Å². The Labute approximate surface area is 226 Å². The van der Waals surface area contributed by atoms with Gasteiger partial charge in [-0.05, 0) is 17.0 Å². The number of hydrogen-bond donors (Lipinski definition) is 0. The number of hydrogen-bond acceptors (Lipinski definition) is 0. The van der Waals surface area contributed by atoms with E-state index in [2.05, 4.69) is 133 Å². The van der Waals surface area contributed by atoms with E-state index in [-0.39, 0.29) is 30.9 Å². The monoisotopic (exact) mass is 522 g/mol. The minimum absolute atomic E-state index is 0. The summed E-state index contributed by atoms with van der Waals surface area (Å²) in [6.45, 7) is 25.8. The van der Waals surface area contributed by atoms with Gasteiger partial charge in [0, 0.05) is 33.9 Å². The predicted octanol–water partition coefficient (Wildman–Crippen LogP) is 8.72. The van der Waals surface area contributed by atoms with Crippen LogP contribution in [0.3, 0.4) is 0 Å². The van der Waals surface area contributed by atoms with Gasteiger partial charge in [0.1, 0.15) is 0 Å². The molecule has 0 spiro atoms. The van der Waals surface area contributed by atoms with Crippen LogP contribution in [-0.4, -0.2) is 24.2 Å². The van der Waals surface area contributed by atoms with Crippen molar-refractivity contribution in [2.75, 3.05) is 0 Å². The standard InChI is InChI=1S/C29H45Si3.Sc/c1-28(2,3)23-32(10,22-24-16-12-11-13-17-24)29(27(30(4,5)6)31(7,8)9)21-20-25-18-14-15-19-26(25)29;/h11-21H,22-23H2,1-10H3;/q-1;. The van der Waals surface area contributed by atoms with Crippen LogP contribution < -0.4 is 0 Å². The number of allylic oxidation sites excluding steroid dienone is 1. The fraction of sp³-hybridized carbons (Fsp3) is 0.483. The molecule has 33 heavy (non-hydrogen) atoms. The zero-order valence-electron chi connectivity index (χ0n) is 22.8. The molecule has 2 atom stereocenters. The second kappa shape index (κ2) is 9.99. The molecule has 0 saturated heterocycles. The Morgan fingerprint density at radius 1 is 0.758 bits per heavy atom. The second-order valence-electron chi connectivity index (χ2n) is 13.6. The molecule has 2 aromatic rings. The van der Waals surface area contributed by atoms with E-state index in [1.54, 1.807) is 5.56 Å². The molecule has 1 radical (unpaired) electrons. The summed E-state index contributed by atoms with van der Waals surface area (Å²) in [5, 5.41) is 2.11. The van der Waals surface area contributed by atoms with Crippen LogP contribution in [0.5, 0.6) is 0 Å². The van der Waals surface area contributed by atoms with Crippen molar-refractivity contribution >= 4 is 30.3 Å². The Bertz CT molecular complexity index is 949. The summed E-state index contributed by atoms with van der Waals surface area (Å²) in [4.78, 5) is 0. The van der Waals surface area contributed by atoms with Crippen molar-refractivity contribution in [2.24, 2.45) is 5.41 Å². The van der Waals surface area contributed by atoms with E-state index in [0.29, 0.717) is 5.41 Å². The fourth-order valence-corrected chi connectivity index (χ4v) is 29.2. The maximum absolute atomic E-state index is 2.75. The molecule has 3 rings (SSSR count). The predicted molar refractivity (Wildman–Crippen MR) is 153 cm³/mol. The van der Waals surface area contributed by atoms with Gasteiger partial charge < -0.3 is 5.16 Å². The van der Waals surface area contributed by atoms with E-state index in [1.165, 1.54) is 23.2 Å². The fourth-order valence-electron chi connectivity index (χ4n) is 7.22. The molecule has 0 N–H and O–H groups in total. The van der Waals surface area contributed by atoms with Gasteiger partial charge in [0.25, 0.3) is 0 Å². The zero-order chi connectivity index (χ0) is 24.0. The first-order valence-corrected chi connectivity index (χ1v) is 22.2. The van der Waals surface area contributed by atoms with Gasteiger partial charge in [0.15, 0.2) is 0 Å². The van der Waals surface area contributed by atoms with E-state index in [4.69, 9.17) is 0 Å². The molecular weight excluding hydrogens is 478 g/mol. The number of rotatable bonds is 7. The summed E-state index contributed by atoms with van der Waals surface area (Å²) < 4.78 is 0. The van der Waals surface area contributed by atoms with Crippen LogP contribution in [0.1, 0.15) is 37.5 Å². The normalized spacial score (nSPS) is 20.3. The van der Waals surface area contributed by atoms with Gasteiger partial charge in [-0.15, -0.1) is 11.1 Å². The molecule has 0 amide bonds. The van der Waals surface area contributed by atoms with Crippen LogP contribution in [-0.2, 0) is 36.9 Å². The summed E-state index contributed by atoms with van der Waals surface area (Å²) in [7, 11) is -5.07. The van der Waals surface area contributed by atoms with E-state index in [0.717, 1.165) is 0 Å². The summed E-state index contributed by atoms with van der Waals surface area (Å²) >= 11 is 0. The van der Waals surface area contributed by atoms with Crippen LogP contribution in [0.2, 0.25) is 51.9 Å². The zero-order valence-corrected chi connectivity index (χ0v) is 27.6. The SMILES string of the molecule is CC(C)(C)C[Si](C)(Cc1ccccc1)C1([C-]([Si](C)(C)C)[Si](C)(C)C)C=Cc2ccccc21.[Sc]. The van der Waals surface area contributed by atoms with Gasteiger partial charge in [-0.1, -0.05) is 161 Å². The molecule has 1 aliphatic carbocycles. The molecule has 2 aromatic carbocycles. The minimum atomic E-state index is -1.93. The van der Waals surface area contributed by atoms with E-state index < -0.39 is 24.2 Å². The molecular formula is C29H45ScSi3-. The summed E-state index contributed by atoms with van der Waals surface area (Å²) in [6.07, 6.45) is 5.19. The molecule has 1 aliphatic rings. The first kappa shape index (κ1) is 28.9. The van der Waals surface area contributed by atoms with Gasteiger partial charge in [-0.3, -0.25) is 0 Å². The quantitative estimate of drug-likeness (QED) is 0.252. The molecule has 0 fully saturated rings. The van der Waals surface area contributed by atoms with Gasteiger partial charge in [0.2, 0.25) is 0 Å². The molecule has 0 bridgehead atoms. The molecule has 177 valence electrons. The Kier molecular flexibility index (Phi) is 8.76. The molecule has 0 aliphatic heterocycles. The van der Waals surface area contributed by atoms with Crippen LogP contribution in [0.15, 0.2) is 60.7 Å². The van der Waals surface area contributed by atoms with Gasteiger partial charge >= 0.3 is 0 Å². The largest absolute Gasteiger partial charge is 0.301 e. The maximum atomic E-state index is 2.75. The van der Waals surface area contributed by atoms with Crippen LogP contribution >= 0.6 is 0 Å². The molecule has 0 nitrogen and oxygen atoms in total. The smallest absolute Gasteiger partial charge is 0.0398 e. The van der Waals surface area contributed by atoms with Crippen molar-refractivity contribution in [3.05, 3.63) is 82.5 Å². The number of fused-ring (bicyclic) bond motifs is 1. The van der Waals surface area contributed by atoms with Crippen molar-refractivity contribution in [1.29, 1.82) is 0 Å². The maximum Gasteiger partial charge on any atom is 0.0398 e. The van der Waals surface area contributed by atoms with E-state index in [9.17, 15) is 0 Å². The molecule has 4 heteroatoms. The topological polar surface area (TPSA) is 0 Å². The Hall–Kier alpha value is -0.299. The van der Waals surface area contributed by atoms with Crippen molar-refractivity contribution < 1.29 is 25.8 Å². The molecule has 2 unspecified atom stereocenters.